The number of aryl methyl sites for hydroxylation is 1. The van der Waals surface area contributed by atoms with E-state index in [2.05, 4.69) is 54.2 Å². The lowest BCUT2D eigenvalue weighted by Gasteiger charge is -2.18. The maximum atomic E-state index is 13.0. The number of hydrogen-bond donors (Lipinski definition) is 0. The van der Waals surface area contributed by atoms with Gasteiger partial charge in [-0.2, -0.15) is 5.10 Å². The fourth-order valence-corrected chi connectivity index (χ4v) is 4.72. The number of benzene rings is 2. The molecule has 4 rings (SSSR count). The highest BCUT2D eigenvalue weighted by atomic mass is 32.2. The van der Waals surface area contributed by atoms with Crippen LogP contribution in [0.25, 0.3) is 16.5 Å². The summed E-state index contributed by atoms with van der Waals surface area (Å²) in [6.07, 6.45) is 0.940. The van der Waals surface area contributed by atoms with Crippen LogP contribution in [0.4, 0.5) is 0 Å². The van der Waals surface area contributed by atoms with Crippen molar-refractivity contribution in [3.8, 4) is 5.69 Å². The first-order valence-corrected chi connectivity index (χ1v) is 10.3. The molecular formula is C20H24N4OS. The van der Waals surface area contributed by atoms with Gasteiger partial charge in [-0.1, -0.05) is 44.2 Å². The first-order valence-electron chi connectivity index (χ1n) is 9.29. The van der Waals surface area contributed by atoms with Crippen LogP contribution in [0.15, 0.2) is 46.1 Å². The standard InChI is InChI=1S/C20H24N4OS/c1-3-22(4-2)12-7-13-23-20(25)24-17-11-10-15-8-5-6-9-16(15)19(17)26-14-18(24)21-23/h5-6,8-11H,3-4,7,12-14H2,1-2H3. The number of fused-ring (bicyclic) bond motifs is 5. The second kappa shape index (κ2) is 7.29. The fourth-order valence-electron chi connectivity index (χ4n) is 3.61. The highest BCUT2D eigenvalue weighted by Gasteiger charge is 2.23. The minimum atomic E-state index is -0.0172. The van der Waals surface area contributed by atoms with Gasteiger partial charge in [0.2, 0.25) is 0 Å². The summed E-state index contributed by atoms with van der Waals surface area (Å²) in [5.74, 6) is 1.59. The van der Waals surface area contributed by atoms with E-state index < -0.39 is 0 Å². The maximum absolute atomic E-state index is 13.0. The van der Waals surface area contributed by atoms with Crippen LogP contribution >= 0.6 is 11.8 Å². The zero-order valence-corrected chi connectivity index (χ0v) is 16.1. The summed E-state index contributed by atoms with van der Waals surface area (Å²) in [4.78, 5) is 16.5. The van der Waals surface area contributed by atoms with Gasteiger partial charge in [0.25, 0.3) is 0 Å². The van der Waals surface area contributed by atoms with Crippen molar-refractivity contribution in [1.29, 1.82) is 0 Å². The molecule has 1 aliphatic heterocycles. The van der Waals surface area contributed by atoms with E-state index in [0.717, 1.165) is 43.3 Å². The first-order chi connectivity index (χ1) is 12.7. The topological polar surface area (TPSA) is 43.1 Å². The summed E-state index contributed by atoms with van der Waals surface area (Å²) in [5, 5.41) is 7.03. The predicted octanol–water partition coefficient (Wildman–Crippen LogP) is 3.52. The van der Waals surface area contributed by atoms with E-state index in [4.69, 9.17) is 0 Å². The summed E-state index contributed by atoms with van der Waals surface area (Å²) in [6, 6.07) is 12.5. The molecule has 5 nitrogen and oxygen atoms in total. The Balaban J connectivity index is 1.66. The lowest BCUT2D eigenvalue weighted by atomic mass is 10.1. The second-order valence-corrected chi connectivity index (χ2v) is 7.55. The average molecular weight is 369 g/mol. The molecule has 0 saturated carbocycles. The zero-order chi connectivity index (χ0) is 18.1. The van der Waals surface area contributed by atoms with Crippen LogP contribution in [0.2, 0.25) is 0 Å². The van der Waals surface area contributed by atoms with Crippen LogP contribution < -0.4 is 5.69 Å². The Morgan fingerprint density at radius 3 is 2.77 bits per heavy atom. The molecule has 1 aromatic heterocycles. The molecule has 0 amide bonds. The van der Waals surface area contributed by atoms with Gasteiger partial charge in [0.1, 0.15) is 5.82 Å². The third kappa shape index (κ3) is 2.97. The normalized spacial score (nSPS) is 13.2. The molecule has 0 atom stereocenters. The largest absolute Gasteiger partial charge is 0.350 e. The van der Waals surface area contributed by atoms with Crippen LogP contribution in [0.1, 0.15) is 26.1 Å². The first kappa shape index (κ1) is 17.4. The van der Waals surface area contributed by atoms with Crippen LogP contribution in [0.5, 0.6) is 0 Å². The highest BCUT2D eigenvalue weighted by Crippen LogP contribution is 2.38. The molecule has 0 aliphatic carbocycles. The smallest absolute Gasteiger partial charge is 0.304 e. The van der Waals surface area contributed by atoms with Gasteiger partial charge < -0.3 is 4.90 Å². The van der Waals surface area contributed by atoms with E-state index in [1.807, 2.05) is 6.07 Å². The van der Waals surface area contributed by atoms with Gasteiger partial charge in [-0.15, -0.1) is 11.8 Å². The molecule has 0 unspecified atom stereocenters. The van der Waals surface area contributed by atoms with Crippen molar-refractivity contribution >= 4 is 22.5 Å². The van der Waals surface area contributed by atoms with Crippen LogP contribution in [-0.4, -0.2) is 38.9 Å². The number of hydrogen-bond acceptors (Lipinski definition) is 4. The van der Waals surface area contributed by atoms with Crippen LogP contribution in [0, 0.1) is 0 Å². The Morgan fingerprint density at radius 2 is 1.96 bits per heavy atom. The summed E-state index contributed by atoms with van der Waals surface area (Å²) >= 11 is 1.78. The summed E-state index contributed by atoms with van der Waals surface area (Å²) in [6.45, 7) is 8.10. The molecule has 0 saturated heterocycles. The average Bonchev–Trinajstić information content (AvgIpc) is 3.01. The second-order valence-electron chi connectivity index (χ2n) is 6.56. The quantitative estimate of drug-likeness (QED) is 0.668. The third-order valence-electron chi connectivity index (χ3n) is 5.09. The number of aromatic nitrogens is 3. The lowest BCUT2D eigenvalue weighted by molar-refractivity contribution is 0.290. The molecule has 26 heavy (non-hydrogen) atoms. The van der Waals surface area contributed by atoms with Crippen LogP contribution in [0.3, 0.4) is 0 Å². The molecule has 3 aromatic rings. The molecule has 0 fully saturated rings. The molecule has 0 spiro atoms. The van der Waals surface area contributed by atoms with E-state index >= 15 is 0 Å². The zero-order valence-electron chi connectivity index (χ0n) is 15.3. The van der Waals surface area contributed by atoms with E-state index in [1.54, 1.807) is 21.0 Å². The van der Waals surface area contributed by atoms with Gasteiger partial charge in [-0.3, -0.25) is 0 Å². The minimum absolute atomic E-state index is 0.0172. The molecule has 2 heterocycles. The van der Waals surface area contributed by atoms with Crippen molar-refractivity contribution in [2.45, 2.75) is 37.5 Å². The molecule has 6 heteroatoms. The lowest BCUT2D eigenvalue weighted by Crippen LogP contribution is -2.28. The van der Waals surface area contributed by atoms with Crippen molar-refractivity contribution in [3.63, 3.8) is 0 Å². The van der Waals surface area contributed by atoms with Gasteiger partial charge in [-0.05, 0) is 42.9 Å². The monoisotopic (exact) mass is 368 g/mol. The number of nitrogens with zero attached hydrogens (tertiary/aromatic N) is 4. The predicted molar refractivity (Wildman–Crippen MR) is 107 cm³/mol. The van der Waals surface area contributed by atoms with Crippen molar-refractivity contribution < 1.29 is 0 Å². The summed E-state index contributed by atoms with van der Waals surface area (Å²) < 4.78 is 3.44. The maximum Gasteiger partial charge on any atom is 0.350 e. The van der Waals surface area contributed by atoms with Crippen molar-refractivity contribution in [2.24, 2.45) is 0 Å². The van der Waals surface area contributed by atoms with Gasteiger partial charge in [-0.25, -0.2) is 14.0 Å². The number of rotatable bonds is 6. The molecule has 0 radical (unpaired) electrons. The van der Waals surface area contributed by atoms with E-state index in [-0.39, 0.29) is 5.69 Å². The molecule has 2 aromatic carbocycles. The number of thioether (sulfide) groups is 1. The van der Waals surface area contributed by atoms with Gasteiger partial charge in [0, 0.05) is 11.4 Å². The van der Waals surface area contributed by atoms with E-state index in [1.165, 1.54) is 15.7 Å². The Morgan fingerprint density at radius 1 is 1.15 bits per heavy atom. The van der Waals surface area contributed by atoms with Crippen LogP contribution in [-0.2, 0) is 12.3 Å². The molecule has 0 bridgehead atoms. The molecular weight excluding hydrogens is 344 g/mol. The fraction of sp³-hybridized carbons (Fsp3) is 0.400. The SMILES string of the molecule is CCN(CC)CCCn1nc2n(c1=O)-c1ccc3ccccc3c1SC2. The Kier molecular flexibility index (Phi) is 4.87. The highest BCUT2D eigenvalue weighted by molar-refractivity contribution is 7.99. The van der Waals surface area contributed by atoms with Crippen molar-refractivity contribution in [1.82, 2.24) is 19.2 Å². The molecule has 0 N–H and O–H groups in total. The Hall–Kier alpha value is -2.05. The van der Waals surface area contributed by atoms with Gasteiger partial charge in [0.15, 0.2) is 0 Å². The summed E-state index contributed by atoms with van der Waals surface area (Å²) in [7, 11) is 0. The minimum Gasteiger partial charge on any atom is -0.304 e. The van der Waals surface area contributed by atoms with Gasteiger partial charge >= 0.3 is 5.69 Å². The molecule has 136 valence electrons. The van der Waals surface area contributed by atoms with Crippen molar-refractivity contribution in [2.75, 3.05) is 19.6 Å². The summed E-state index contributed by atoms with van der Waals surface area (Å²) in [5.41, 5.74) is 0.950. The third-order valence-corrected chi connectivity index (χ3v) is 6.21. The van der Waals surface area contributed by atoms with Gasteiger partial charge in [0.05, 0.1) is 11.4 Å². The Bertz CT molecular complexity index is 987. The van der Waals surface area contributed by atoms with E-state index in [9.17, 15) is 4.79 Å². The molecule has 1 aliphatic rings. The Labute approximate surface area is 157 Å². The van der Waals surface area contributed by atoms with E-state index in [0.29, 0.717) is 6.54 Å². The van der Waals surface area contributed by atoms with Crippen molar-refractivity contribution in [3.05, 3.63) is 52.7 Å².